The van der Waals surface area contributed by atoms with E-state index in [9.17, 15) is 4.79 Å². The largest absolute Gasteiger partial charge is 0.481 e. The second-order valence-corrected chi connectivity index (χ2v) is 3.21. The first kappa shape index (κ1) is 9.82. The van der Waals surface area contributed by atoms with Crippen LogP contribution in [0.3, 0.4) is 0 Å². The molecule has 0 amide bonds. The molecule has 60 valence electrons. The zero-order valence-corrected chi connectivity index (χ0v) is 7.28. The van der Waals surface area contributed by atoms with E-state index >= 15 is 0 Å². The molecule has 0 aromatic rings. The van der Waals surface area contributed by atoms with Gasteiger partial charge in [0.1, 0.15) is 0 Å². The van der Waals surface area contributed by atoms with Gasteiger partial charge in [0.05, 0.1) is 5.92 Å². The highest BCUT2D eigenvalue weighted by Gasteiger charge is 2.13. The van der Waals surface area contributed by atoms with Crippen molar-refractivity contribution in [3.63, 3.8) is 0 Å². The van der Waals surface area contributed by atoms with E-state index in [1.165, 1.54) is 0 Å². The van der Waals surface area contributed by atoms with E-state index in [-0.39, 0.29) is 5.92 Å². The number of carbonyl (C=O) groups is 1. The summed E-state index contributed by atoms with van der Waals surface area (Å²) < 4.78 is 0. The normalized spacial score (nSPS) is 13.0. The molecule has 1 atom stereocenters. The molecule has 0 aliphatic rings. The number of hydrogen-bond donors (Lipinski definition) is 1. The van der Waals surface area contributed by atoms with Gasteiger partial charge in [0.25, 0.3) is 0 Å². The maximum absolute atomic E-state index is 10.4. The summed E-state index contributed by atoms with van der Waals surface area (Å²) in [7, 11) is 0. The molecule has 1 N–H and O–H groups in total. The Bertz CT molecular complexity index is 104. The van der Waals surface area contributed by atoms with Crippen LogP contribution in [-0.2, 0) is 4.79 Å². The van der Waals surface area contributed by atoms with E-state index in [0.29, 0.717) is 0 Å². The summed E-state index contributed by atoms with van der Waals surface area (Å²) in [6.07, 6.45) is 3.54. The first-order chi connectivity index (χ1) is 4.72. The second kappa shape index (κ2) is 5.59. The van der Waals surface area contributed by atoms with E-state index in [0.717, 1.165) is 18.6 Å². The van der Waals surface area contributed by atoms with Crippen LogP contribution in [0.15, 0.2) is 0 Å². The summed E-state index contributed by atoms with van der Waals surface area (Å²) in [6.45, 7) is 1.92. The Morgan fingerprint density at radius 2 is 2.30 bits per heavy atom. The Labute approximate surface area is 66.0 Å². The molecule has 0 aromatic carbocycles. The third kappa shape index (κ3) is 3.77. The average Bonchev–Trinajstić information content (AvgIpc) is 1.89. The van der Waals surface area contributed by atoms with Crippen molar-refractivity contribution >= 4 is 17.7 Å². The predicted molar refractivity (Wildman–Crippen MR) is 44.4 cm³/mol. The fourth-order valence-corrected chi connectivity index (χ4v) is 1.28. The van der Waals surface area contributed by atoms with Crippen molar-refractivity contribution in [3.8, 4) is 0 Å². The van der Waals surface area contributed by atoms with Crippen LogP contribution in [0.1, 0.15) is 19.8 Å². The van der Waals surface area contributed by atoms with Crippen LogP contribution in [0.4, 0.5) is 0 Å². The van der Waals surface area contributed by atoms with E-state index < -0.39 is 5.97 Å². The quantitative estimate of drug-likeness (QED) is 0.670. The van der Waals surface area contributed by atoms with Crippen molar-refractivity contribution in [2.45, 2.75) is 19.8 Å². The summed E-state index contributed by atoms with van der Waals surface area (Å²) in [4.78, 5) is 10.4. The molecule has 0 radical (unpaired) electrons. The summed E-state index contributed by atoms with van der Waals surface area (Å²) in [5, 5.41) is 8.59. The fourth-order valence-electron chi connectivity index (χ4n) is 0.762. The molecule has 0 saturated heterocycles. The summed E-state index contributed by atoms with van der Waals surface area (Å²) in [5.41, 5.74) is 0. The van der Waals surface area contributed by atoms with Gasteiger partial charge >= 0.3 is 5.97 Å². The van der Waals surface area contributed by atoms with Crippen LogP contribution in [0.5, 0.6) is 0 Å². The SMILES string of the molecule is CCC(CCSC)C(=O)O. The highest BCUT2D eigenvalue weighted by atomic mass is 32.2. The van der Waals surface area contributed by atoms with Gasteiger partial charge in [-0.3, -0.25) is 4.79 Å². The van der Waals surface area contributed by atoms with Crippen LogP contribution < -0.4 is 0 Å². The fraction of sp³-hybridized carbons (Fsp3) is 0.857. The van der Waals surface area contributed by atoms with Crippen molar-refractivity contribution in [1.29, 1.82) is 0 Å². The highest BCUT2D eigenvalue weighted by Crippen LogP contribution is 2.11. The molecule has 2 nitrogen and oxygen atoms in total. The van der Waals surface area contributed by atoms with Crippen molar-refractivity contribution in [2.24, 2.45) is 5.92 Å². The van der Waals surface area contributed by atoms with Crippen LogP contribution in [-0.4, -0.2) is 23.1 Å². The zero-order valence-electron chi connectivity index (χ0n) is 6.46. The molecule has 0 heterocycles. The average molecular weight is 162 g/mol. The van der Waals surface area contributed by atoms with Gasteiger partial charge in [0.2, 0.25) is 0 Å². The standard InChI is InChI=1S/C7H14O2S/c1-3-6(7(8)9)4-5-10-2/h6H,3-5H2,1-2H3,(H,8,9). The minimum Gasteiger partial charge on any atom is -0.481 e. The molecule has 1 unspecified atom stereocenters. The Hall–Kier alpha value is -0.180. The Kier molecular flexibility index (Phi) is 5.49. The van der Waals surface area contributed by atoms with E-state index in [1.54, 1.807) is 11.8 Å². The molecule has 3 heteroatoms. The van der Waals surface area contributed by atoms with Gasteiger partial charge in [0, 0.05) is 0 Å². The van der Waals surface area contributed by atoms with Gasteiger partial charge in [-0.25, -0.2) is 0 Å². The van der Waals surface area contributed by atoms with Crippen molar-refractivity contribution < 1.29 is 9.90 Å². The predicted octanol–water partition coefficient (Wildman–Crippen LogP) is 1.85. The third-order valence-corrected chi connectivity index (χ3v) is 2.16. The number of aliphatic carboxylic acids is 1. The van der Waals surface area contributed by atoms with E-state index in [4.69, 9.17) is 5.11 Å². The number of carboxylic acid groups (broad SMARTS) is 1. The second-order valence-electron chi connectivity index (χ2n) is 2.22. The third-order valence-electron chi connectivity index (χ3n) is 1.51. The van der Waals surface area contributed by atoms with Crippen LogP contribution in [0.25, 0.3) is 0 Å². The van der Waals surface area contributed by atoms with Crippen molar-refractivity contribution in [3.05, 3.63) is 0 Å². The summed E-state index contributed by atoms with van der Waals surface area (Å²) in [5.74, 6) is 0.161. The van der Waals surface area contributed by atoms with Crippen LogP contribution in [0, 0.1) is 5.92 Å². The number of rotatable bonds is 5. The Morgan fingerprint density at radius 3 is 2.60 bits per heavy atom. The molecule has 0 aliphatic heterocycles. The molecule has 0 bridgehead atoms. The molecule has 0 aromatic heterocycles. The molecule has 0 saturated carbocycles. The topological polar surface area (TPSA) is 37.3 Å². The molecule has 0 rings (SSSR count). The zero-order chi connectivity index (χ0) is 7.98. The van der Waals surface area contributed by atoms with Gasteiger partial charge in [-0.05, 0) is 24.9 Å². The smallest absolute Gasteiger partial charge is 0.306 e. The van der Waals surface area contributed by atoms with Gasteiger partial charge in [-0.2, -0.15) is 11.8 Å². The first-order valence-corrected chi connectivity index (χ1v) is 4.83. The Balaban J connectivity index is 3.50. The summed E-state index contributed by atoms with van der Waals surface area (Å²) in [6, 6.07) is 0. The molecule has 10 heavy (non-hydrogen) atoms. The molecule has 0 spiro atoms. The molecular formula is C7H14O2S. The maximum atomic E-state index is 10.4. The summed E-state index contributed by atoms with van der Waals surface area (Å²) >= 11 is 1.70. The van der Waals surface area contributed by atoms with Gasteiger partial charge < -0.3 is 5.11 Å². The lowest BCUT2D eigenvalue weighted by atomic mass is 10.0. The van der Waals surface area contributed by atoms with Crippen LogP contribution >= 0.6 is 11.8 Å². The molecule has 0 fully saturated rings. The van der Waals surface area contributed by atoms with E-state index in [2.05, 4.69) is 0 Å². The molecule has 0 aliphatic carbocycles. The monoisotopic (exact) mass is 162 g/mol. The van der Waals surface area contributed by atoms with Gasteiger partial charge in [-0.15, -0.1) is 0 Å². The number of hydrogen-bond acceptors (Lipinski definition) is 2. The van der Waals surface area contributed by atoms with Gasteiger partial charge in [0.15, 0.2) is 0 Å². The van der Waals surface area contributed by atoms with Crippen molar-refractivity contribution in [1.82, 2.24) is 0 Å². The first-order valence-electron chi connectivity index (χ1n) is 3.44. The van der Waals surface area contributed by atoms with E-state index in [1.807, 2.05) is 13.2 Å². The van der Waals surface area contributed by atoms with Crippen LogP contribution in [0.2, 0.25) is 0 Å². The highest BCUT2D eigenvalue weighted by molar-refractivity contribution is 7.98. The number of thioether (sulfide) groups is 1. The lowest BCUT2D eigenvalue weighted by Crippen LogP contribution is -2.13. The minimum absolute atomic E-state index is 0.132. The van der Waals surface area contributed by atoms with Gasteiger partial charge in [-0.1, -0.05) is 6.92 Å². The maximum Gasteiger partial charge on any atom is 0.306 e. The lowest BCUT2D eigenvalue weighted by Gasteiger charge is -2.06. The van der Waals surface area contributed by atoms with Crippen molar-refractivity contribution in [2.75, 3.05) is 12.0 Å². The lowest BCUT2D eigenvalue weighted by molar-refractivity contribution is -0.141. The minimum atomic E-state index is -0.656. The molecular weight excluding hydrogens is 148 g/mol. The number of carboxylic acids is 1. The Morgan fingerprint density at radius 1 is 1.70 bits per heavy atom.